The average molecular weight is 549 g/mol. The number of nitrogens with one attached hydrogen (secondary N) is 4. The number of nitrogens with two attached hydrogens (primary N) is 3. The van der Waals surface area contributed by atoms with Crippen molar-refractivity contribution in [2.75, 3.05) is 13.2 Å². The van der Waals surface area contributed by atoms with Crippen LogP contribution in [-0.2, 0) is 25.6 Å². The first-order chi connectivity index (χ1) is 18.4. The number of aliphatic hydroxyl groups is 2. The summed E-state index contributed by atoms with van der Waals surface area (Å²) in [4.78, 5) is 57.2. The lowest BCUT2D eigenvalue weighted by atomic mass is 10.0. The summed E-state index contributed by atoms with van der Waals surface area (Å²) in [5.41, 5.74) is 17.5. The number of carbonyl (C=O) groups is 4. The van der Waals surface area contributed by atoms with Gasteiger partial charge in [-0.25, -0.2) is 4.79 Å². The third kappa shape index (κ3) is 9.24. The van der Waals surface area contributed by atoms with E-state index in [0.29, 0.717) is 5.56 Å². The third-order valence-corrected chi connectivity index (χ3v) is 5.89. The zero-order valence-corrected chi connectivity index (χ0v) is 21.5. The zero-order valence-electron chi connectivity index (χ0n) is 21.5. The van der Waals surface area contributed by atoms with Crippen LogP contribution in [-0.4, -0.2) is 93.4 Å². The molecule has 1 heterocycles. The molecule has 2 aromatic rings. The Labute approximate surface area is 224 Å². The maximum atomic E-state index is 13.3. The smallest absolute Gasteiger partial charge is 0.326 e. The Morgan fingerprint density at radius 3 is 2.31 bits per heavy atom. The molecule has 1 aromatic heterocycles. The van der Waals surface area contributed by atoms with Crippen molar-refractivity contribution in [2.24, 2.45) is 22.2 Å². The number of hydrogen-bond donors (Lipinski definition) is 10. The van der Waals surface area contributed by atoms with Gasteiger partial charge in [0.25, 0.3) is 0 Å². The summed E-state index contributed by atoms with van der Waals surface area (Å²) in [7, 11) is 0. The van der Waals surface area contributed by atoms with E-state index in [0.717, 1.165) is 10.9 Å². The Kier molecular flexibility index (Phi) is 11.7. The Balaban J connectivity index is 2.28. The Bertz CT molecular complexity index is 1180. The molecular formula is C24H36N8O7. The monoisotopic (exact) mass is 548 g/mol. The largest absolute Gasteiger partial charge is 0.480 e. The molecule has 13 N–H and O–H groups in total. The van der Waals surface area contributed by atoms with Crippen LogP contribution in [0.5, 0.6) is 0 Å². The van der Waals surface area contributed by atoms with E-state index in [1.807, 2.05) is 18.2 Å². The fourth-order valence-electron chi connectivity index (χ4n) is 3.77. The number of carboxylic acids is 1. The molecule has 39 heavy (non-hydrogen) atoms. The van der Waals surface area contributed by atoms with E-state index in [4.69, 9.17) is 22.3 Å². The summed E-state index contributed by atoms with van der Waals surface area (Å²) in [5.74, 6) is -4.04. The van der Waals surface area contributed by atoms with Crippen molar-refractivity contribution in [1.82, 2.24) is 20.9 Å². The maximum absolute atomic E-state index is 13.3. The number of carboxylic acid groups (broad SMARTS) is 1. The van der Waals surface area contributed by atoms with E-state index in [2.05, 4.69) is 25.9 Å². The van der Waals surface area contributed by atoms with Crippen LogP contribution in [0.25, 0.3) is 10.9 Å². The minimum Gasteiger partial charge on any atom is -0.480 e. The standard InChI is InChI=1S/C24H36N8O7/c1-12(34)19(32-20(35)15(25)11-33)22(37)31-18(9-13-10-29-16-6-3-2-5-14(13)16)21(36)30-17(23(38)39)7-4-8-28-24(26)27/h2-3,5-6,10,12,15,17-19,29,33-34H,4,7-9,11,25H2,1H3,(H,30,36)(H,31,37)(H,32,35)(H,38,39)(H4,26,27,28). The lowest BCUT2D eigenvalue weighted by molar-refractivity contribution is -0.142. The Hall–Kier alpha value is -4.21. The lowest BCUT2D eigenvalue weighted by Crippen LogP contribution is -2.60. The molecule has 0 aliphatic heterocycles. The van der Waals surface area contributed by atoms with E-state index < -0.39 is 60.6 Å². The van der Waals surface area contributed by atoms with Gasteiger partial charge in [0, 0.05) is 30.1 Å². The molecule has 0 aliphatic rings. The fourth-order valence-corrected chi connectivity index (χ4v) is 3.77. The van der Waals surface area contributed by atoms with Crippen LogP contribution >= 0.6 is 0 Å². The number of benzene rings is 1. The highest BCUT2D eigenvalue weighted by Gasteiger charge is 2.32. The molecule has 0 radical (unpaired) electrons. The first-order valence-corrected chi connectivity index (χ1v) is 12.2. The first kappa shape index (κ1) is 31.0. The van der Waals surface area contributed by atoms with Crippen molar-refractivity contribution < 1.29 is 34.5 Å². The molecule has 0 fully saturated rings. The average Bonchev–Trinajstić information content (AvgIpc) is 3.29. The number of fused-ring (bicyclic) bond motifs is 1. The number of aliphatic imine (C=N–C) groups is 1. The van der Waals surface area contributed by atoms with Crippen LogP contribution in [0, 0.1) is 0 Å². The number of aliphatic carboxylic acids is 1. The minimum absolute atomic E-state index is 0.0109. The van der Waals surface area contributed by atoms with Crippen LogP contribution in [0.1, 0.15) is 25.3 Å². The van der Waals surface area contributed by atoms with Crippen molar-refractivity contribution in [1.29, 1.82) is 0 Å². The van der Waals surface area contributed by atoms with Gasteiger partial charge in [0.05, 0.1) is 12.7 Å². The van der Waals surface area contributed by atoms with Crippen molar-refractivity contribution in [3.8, 4) is 0 Å². The molecule has 15 heteroatoms. The van der Waals surface area contributed by atoms with Gasteiger partial charge >= 0.3 is 5.97 Å². The molecule has 15 nitrogen and oxygen atoms in total. The summed E-state index contributed by atoms with van der Waals surface area (Å²) < 4.78 is 0. The second kappa shape index (κ2) is 14.7. The van der Waals surface area contributed by atoms with Gasteiger partial charge in [-0.15, -0.1) is 0 Å². The van der Waals surface area contributed by atoms with Gasteiger partial charge in [0.15, 0.2) is 5.96 Å². The van der Waals surface area contributed by atoms with Crippen molar-refractivity contribution in [3.05, 3.63) is 36.0 Å². The molecule has 1 aromatic carbocycles. The molecule has 5 atom stereocenters. The highest BCUT2D eigenvalue weighted by Crippen LogP contribution is 2.19. The van der Waals surface area contributed by atoms with E-state index >= 15 is 0 Å². The molecule has 0 saturated carbocycles. The summed E-state index contributed by atoms with van der Waals surface area (Å²) in [6.45, 7) is 0.718. The van der Waals surface area contributed by atoms with Crippen molar-refractivity contribution >= 4 is 40.6 Å². The van der Waals surface area contributed by atoms with Crippen LogP contribution in [0.15, 0.2) is 35.5 Å². The predicted molar refractivity (Wildman–Crippen MR) is 142 cm³/mol. The van der Waals surface area contributed by atoms with Crippen molar-refractivity contribution in [2.45, 2.75) is 56.5 Å². The Morgan fingerprint density at radius 1 is 1.03 bits per heavy atom. The minimum atomic E-state index is -1.51. The van der Waals surface area contributed by atoms with Crippen LogP contribution in [0.4, 0.5) is 0 Å². The first-order valence-electron chi connectivity index (χ1n) is 12.2. The second-order valence-corrected chi connectivity index (χ2v) is 8.99. The number of amides is 3. The maximum Gasteiger partial charge on any atom is 0.326 e. The second-order valence-electron chi connectivity index (χ2n) is 8.99. The van der Waals surface area contributed by atoms with E-state index in [9.17, 15) is 29.4 Å². The SMILES string of the molecule is CC(O)C(NC(=O)C(N)CO)C(=O)NC(Cc1c[nH]c2ccccc12)C(=O)NC(CCCN=C(N)N)C(=O)O. The topological polar surface area (TPSA) is 271 Å². The normalized spacial score (nSPS) is 14.9. The van der Waals surface area contributed by atoms with Gasteiger partial charge < -0.3 is 53.5 Å². The Morgan fingerprint density at radius 2 is 1.69 bits per heavy atom. The number of aliphatic hydroxyl groups excluding tert-OH is 2. The van der Waals surface area contributed by atoms with E-state index in [1.54, 1.807) is 12.3 Å². The van der Waals surface area contributed by atoms with Gasteiger partial charge in [-0.1, -0.05) is 18.2 Å². The highest BCUT2D eigenvalue weighted by molar-refractivity contribution is 5.95. The number of nitrogens with zero attached hydrogens (tertiary/aromatic N) is 1. The zero-order chi connectivity index (χ0) is 29.1. The van der Waals surface area contributed by atoms with E-state index in [1.165, 1.54) is 6.92 Å². The van der Waals surface area contributed by atoms with Crippen molar-refractivity contribution in [3.63, 3.8) is 0 Å². The summed E-state index contributed by atoms with van der Waals surface area (Å²) >= 11 is 0. The molecule has 0 bridgehead atoms. The predicted octanol–water partition coefficient (Wildman–Crippen LogP) is -3.00. The molecule has 2 rings (SSSR count). The summed E-state index contributed by atoms with van der Waals surface area (Å²) in [6.07, 6.45) is 0.500. The molecular weight excluding hydrogens is 512 g/mol. The van der Waals surface area contributed by atoms with Crippen LogP contribution < -0.4 is 33.2 Å². The quantitative estimate of drug-likeness (QED) is 0.0612. The highest BCUT2D eigenvalue weighted by atomic mass is 16.4. The number of aromatic nitrogens is 1. The summed E-state index contributed by atoms with van der Waals surface area (Å²) in [6, 6.07) is 1.83. The van der Waals surface area contributed by atoms with Gasteiger partial charge in [-0.2, -0.15) is 0 Å². The molecule has 0 spiro atoms. The lowest BCUT2D eigenvalue weighted by Gasteiger charge is -2.26. The molecule has 214 valence electrons. The van der Waals surface area contributed by atoms with Gasteiger partial charge in [-0.3, -0.25) is 19.4 Å². The van der Waals surface area contributed by atoms with Crippen LogP contribution in [0.2, 0.25) is 0 Å². The third-order valence-electron chi connectivity index (χ3n) is 5.89. The molecule has 0 saturated heterocycles. The number of hydrogen-bond acceptors (Lipinski definition) is 8. The van der Waals surface area contributed by atoms with Gasteiger partial charge in [-0.05, 0) is 31.4 Å². The number of carbonyl (C=O) groups excluding carboxylic acids is 3. The molecule has 5 unspecified atom stereocenters. The summed E-state index contributed by atoms with van der Waals surface area (Å²) in [5, 5.41) is 36.8. The van der Waals surface area contributed by atoms with Gasteiger partial charge in [0.2, 0.25) is 17.7 Å². The number of para-hydroxylation sites is 1. The number of H-pyrrole nitrogens is 1. The number of guanidine groups is 1. The molecule has 3 amide bonds. The molecule has 0 aliphatic carbocycles. The fraction of sp³-hybridized carbons (Fsp3) is 0.458. The van der Waals surface area contributed by atoms with E-state index in [-0.39, 0.29) is 31.8 Å². The number of rotatable bonds is 15. The van der Waals surface area contributed by atoms with Crippen LogP contribution in [0.3, 0.4) is 0 Å². The van der Waals surface area contributed by atoms with Gasteiger partial charge in [0.1, 0.15) is 24.2 Å². The number of aromatic amines is 1.